The third-order valence-electron chi connectivity index (χ3n) is 2.44. The summed E-state index contributed by atoms with van der Waals surface area (Å²) in [7, 11) is 0. The molecule has 0 aliphatic heterocycles. The van der Waals surface area contributed by atoms with Crippen LogP contribution in [0.5, 0.6) is 0 Å². The van der Waals surface area contributed by atoms with Crippen LogP contribution in [0.15, 0.2) is 36.4 Å². The van der Waals surface area contributed by atoms with Crippen molar-refractivity contribution >= 4 is 15.9 Å². The molecule has 0 aliphatic carbocycles. The van der Waals surface area contributed by atoms with E-state index < -0.39 is 0 Å². The summed E-state index contributed by atoms with van der Waals surface area (Å²) in [5.41, 5.74) is 2.81. The van der Waals surface area contributed by atoms with Crippen LogP contribution in [-0.4, -0.2) is 5.33 Å². The van der Waals surface area contributed by atoms with E-state index in [0.717, 1.165) is 18.2 Å². The Bertz CT molecular complexity index is 296. The van der Waals surface area contributed by atoms with Gasteiger partial charge in [0.05, 0.1) is 0 Å². The molecule has 1 heteroatoms. The second kappa shape index (κ2) is 6.84. The van der Waals surface area contributed by atoms with Crippen molar-refractivity contribution in [3.05, 3.63) is 47.5 Å². The maximum Gasteiger partial charge on any atom is 0.00659 e. The molecule has 0 radical (unpaired) electrons. The summed E-state index contributed by atoms with van der Waals surface area (Å²) < 4.78 is 0. The number of hydrogen-bond donors (Lipinski definition) is 0. The van der Waals surface area contributed by atoms with Gasteiger partial charge in [0.1, 0.15) is 0 Å². The van der Waals surface area contributed by atoms with Gasteiger partial charge in [0.2, 0.25) is 0 Å². The van der Waals surface area contributed by atoms with Gasteiger partial charge in [-0.15, -0.1) is 0 Å². The van der Waals surface area contributed by atoms with Crippen LogP contribution in [0, 0.1) is 0 Å². The minimum absolute atomic E-state index is 0.628. The molecule has 0 N–H and O–H groups in total. The summed E-state index contributed by atoms with van der Waals surface area (Å²) in [6.45, 7) is 4.45. The van der Waals surface area contributed by atoms with Crippen LogP contribution >= 0.6 is 15.9 Å². The molecule has 1 aromatic carbocycles. The van der Waals surface area contributed by atoms with Crippen LogP contribution in [0.1, 0.15) is 37.3 Å². The Hall–Kier alpha value is -0.560. The van der Waals surface area contributed by atoms with Crippen molar-refractivity contribution in [2.75, 3.05) is 5.33 Å². The molecule has 0 saturated heterocycles. The van der Waals surface area contributed by atoms with Gasteiger partial charge in [-0.05, 0) is 29.9 Å². The number of halogens is 1. The Balaban J connectivity index is 2.49. The summed E-state index contributed by atoms with van der Waals surface area (Å²) in [4.78, 5) is 0. The molecule has 0 spiro atoms. The molecule has 0 saturated carbocycles. The Morgan fingerprint density at radius 1 is 1.13 bits per heavy atom. The molecule has 0 nitrogen and oxygen atoms in total. The van der Waals surface area contributed by atoms with Crippen molar-refractivity contribution in [1.29, 1.82) is 0 Å². The van der Waals surface area contributed by atoms with Gasteiger partial charge in [0.25, 0.3) is 0 Å². The molecule has 0 atom stereocenters. The topological polar surface area (TPSA) is 0 Å². The number of rotatable bonds is 5. The van der Waals surface area contributed by atoms with Crippen molar-refractivity contribution in [3.63, 3.8) is 0 Å². The van der Waals surface area contributed by atoms with Gasteiger partial charge in [-0.3, -0.25) is 0 Å². The highest BCUT2D eigenvalue weighted by Gasteiger charge is 1.97. The first-order valence-corrected chi connectivity index (χ1v) is 6.66. The van der Waals surface area contributed by atoms with Crippen LogP contribution in [0.25, 0.3) is 0 Å². The summed E-state index contributed by atoms with van der Waals surface area (Å²) in [5, 5.41) is 1.05. The smallest absolute Gasteiger partial charge is 0.00659 e. The average molecular weight is 267 g/mol. The Morgan fingerprint density at radius 2 is 1.80 bits per heavy atom. The van der Waals surface area contributed by atoms with Gasteiger partial charge in [-0.2, -0.15) is 0 Å². The lowest BCUT2D eigenvalue weighted by molar-refractivity contribution is 0.865. The fourth-order valence-corrected chi connectivity index (χ4v) is 1.70. The molecule has 0 bridgehead atoms. The van der Waals surface area contributed by atoms with Crippen molar-refractivity contribution in [1.82, 2.24) is 0 Å². The second-order valence-electron chi connectivity index (χ2n) is 4.05. The quantitative estimate of drug-likeness (QED) is 0.536. The first kappa shape index (κ1) is 12.5. The first-order chi connectivity index (χ1) is 7.24. The largest absolute Gasteiger partial charge is 0.0925 e. The Morgan fingerprint density at radius 3 is 2.33 bits per heavy atom. The summed E-state index contributed by atoms with van der Waals surface area (Å²) in [6.07, 6.45) is 6.63. The summed E-state index contributed by atoms with van der Waals surface area (Å²) in [5.74, 6) is 0.628. The number of alkyl halides is 1. The van der Waals surface area contributed by atoms with E-state index in [-0.39, 0.29) is 0 Å². The number of allylic oxidation sites excluding steroid dienone is 2. The van der Waals surface area contributed by atoms with Gasteiger partial charge in [-0.25, -0.2) is 0 Å². The van der Waals surface area contributed by atoms with Crippen molar-refractivity contribution < 1.29 is 0 Å². The van der Waals surface area contributed by atoms with Crippen molar-refractivity contribution in [2.24, 2.45) is 0 Å². The standard InChI is InChI=1S/C14H19Br/c1-12(2)14-9-7-13(8-10-14)6-4-3-5-11-15/h3-4,7-10,12H,5-6,11H2,1-2H3. The predicted octanol–water partition coefficient (Wildman–Crippen LogP) is 4.69. The number of benzene rings is 1. The molecule has 1 rings (SSSR count). The highest BCUT2D eigenvalue weighted by Crippen LogP contribution is 2.15. The normalized spacial score (nSPS) is 11.5. The minimum atomic E-state index is 0.628. The number of hydrogen-bond acceptors (Lipinski definition) is 0. The van der Waals surface area contributed by atoms with Crippen LogP contribution in [0.2, 0.25) is 0 Å². The van der Waals surface area contributed by atoms with E-state index >= 15 is 0 Å². The van der Waals surface area contributed by atoms with E-state index in [2.05, 4.69) is 66.2 Å². The lowest BCUT2D eigenvalue weighted by Gasteiger charge is -2.05. The highest BCUT2D eigenvalue weighted by molar-refractivity contribution is 9.09. The van der Waals surface area contributed by atoms with E-state index in [1.54, 1.807) is 0 Å². The maximum absolute atomic E-state index is 3.41. The van der Waals surface area contributed by atoms with Gasteiger partial charge in [-0.1, -0.05) is 66.2 Å². The van der Waals surface area contributed by atoms with E-state index in [1.807, 2.05) is 0 Å². The first-order valence-electron chi connectivity index (χ1n) is 5.54. The van der Waals surface area contributed by atoms with E-state index in [0.29, 0.717) is 5.92 Å². The van der Waals surface area contributed by atoms with Crippen LogP contribution in [0.3, 0.4) is 0 Å². The minimum Gasteiger partial charge on any atom is -0.0925 e. The summed E-state index contributed by atoms with van der Waals surface area (Å²) in [6, 6.07) is 8.93. The molecule has 0 fully saturated rings. The monoisotopic (exact) mass is 266 g/mol. The van der Waals surface area contributed by atoms with Crippen LogP contribution in [0.4, 0.5) is 0 Å². The Labute approximate surface area is 102 Å². The van der Waals surface area contributed by atoms with Crippen molar-refractivity contribution in [3.8, 4) is 0 Å². The van der Waals surface area contributed by atoms with Gasteiger partial charge in [0.15, 0.2) is 0 Å². The average Bonchev–Trinajstić information content (AvgIpc) is 2.25. The molecule has 15 heavy (non-hydrogen) atoms. The third kappa shape index (κ3) is 4.65. The zero-order valence-corrected chi connectivity index (χ0v) is 11.1. The molecule has 82 valence electrons. The fraction of sp³-hybridized carbons (Fsp3) is 0.429. The van der Waals surface area contributed by atoms with E-state index in [4.69, 9.17) is 0 Å². The lowest BCUT2D eigenvalue weighted by atomic mass is 10.0. The predicted molar refractivity (Wildman–Crippen MR) is 71.8 cm³/mol. The zero-order chi connectivity index (χ0) is 11.1. The SMILES string of the molecule is CC(C)c1ccc(CC=CCCBr)cc1. The third-order valence-corrected chi connectivity index (χ3v) is 2.90. The lowest BCUT2D eigenvalue weighted by Crippen LogP contribution is -1.88. The summed E-state index contributed by atoms with van der Waals surface area (Å²) >= 11 is 3.41. The van der Waals surface area contributed by atoms with E-state index in [1.165, 1.54) is 11.1 Å². The second-order valence-corrected chi connectivity index (χ2v) is 4.84. The molecule has 0 amide bonds. The molecule has 0 aromatic heterocycles. The Kier molecular flexibility index (Phi) is 5.70. The molecule has 1 aromatic rings. The van der Waals surface area contributed by atoms with E-state index in [9.17, 15) is 0 Å². The molecular weight excluding hydrogens is 248 g/mol. The fourth-order valence-electron chi connectivity index (χ4n) is 1.44. The van der Waals surface area contributed by atoms with Gasteiger partial charge in [0, 0.05) is 5.33 Å². The molecule has 0 unspecified atom stereocenters. The van der Waals surface area contributed by atoms with Crippen molar-refractivity contribution in [2.45, 2.75) is 32.6 Å². The van der Waals surface area contributed by atoms with Crippen LogP contribution < -0.4 is 0 Å². The van der Waals surface area contributed by atoms with Gasteiger partial charge >= 0.3 is 0 Å². The molecule has 0 heterocycles. The zero-order valence-electron chi connectivity index (χ0n) is 9.54. The maximum atomic E-state index is 3.41. The highest BCUT2D eigenvalue weighted by atomic mass is 79.9. The van der Waals surface area contributed by atoms with Gasteiger partial charge < -0.3 is 0 Å². The molecule has 0 aliphatic rings. The molecular formula is C14H19Br. The van der Waals surface area contributed by atoms with Crippen LogP contribution in [-0.2, 0) is 6.42 Å².